The lowest BCUT2D eigenvalue weighted by molar-refractivity contribution is 0.0954. The molecule has 2 aromatic rings. The van der Waals surface area contributed by atoms with Crippen molar-refractivity contribution in [3.8, 4) is 0 Å². The van der Waals surface area contributed by atoms with Crippen LogP contribution in [-0.4, -0.2) is 47.8 Å². The average molecular weight is 577 g/mol. The number of carbonyl (C=O) groups is 1. The van der Waals surface area contributed by atoms with Crippen molar-refractivity contribution in [3.05, 3.63) is 51.3 Å². The van der Waals surface area contributed by atoms with Crippen LogP contribution in [0.2, 0.25) is 0 Å². The number of aliphatic imine (C=N–C) groups is 1. The van der Waals surface area contributed by atoms with Crippen LogP contribution in [0.5, 0.6) is 0 Å². The molecule has 7 nitrogen and oxygen atoms in total. The third-order valence-electron chi connectivity index (χ3n) is 4.57. The van der Waals surface area contributed by atoms with Crippen LogP contribution in [0.1, 0.15) is 34.2 Å². The second-order valence-electron chi connectivity index (χ2n) is 6.79. The average Bonchev–Trinajstić information content (AvgIpc) is 2.90. The Morgan fingerprint density at radius 2 is 1.97 bits per heavy atom. The summed E-state index contributed by atoms with van der Waals surface area (Å²) < 4.78 is 2.80. The Morgan fingerprint density at radius 1 is 1.28 bits per heavy atom. The maximum absolute atomic E-state index is 12.1. The summed E-state index contributed by atoms with van der Waals surface area (Å²) in [7, 11) is 3.70. The molecule has 29 heavy (non-hydrogen) atoms. The summed E-state index contributed by atoms with van der Waals surface area (Å²) >= 11 is 3.38. The van der Waals surface area contributed by atoms with E-state index in [0.717, 1.165) is 16.6 Å². The minimum Gasteiger partial charge on any atom is -0.355 e. The summed E-state index contributed by atoms with van der Waals surface area (Å²) in [6, 6.07) is 7.52. The number of carbonyl (C=O) groups excluding carboxylic acids is 1. The monoisotopic (exact) mass is 576 g/mol. The number of rotatable bonds is 7. The Hall–Kier alpha value is -1.62. The highest BCUT2D eigenvalue weighted by Crippen LogP contribution is 2.14. The fourth-order valence-corrected chi connectivity index (χ4v) is 3.39. The summed E-state index contributed by atoms with van der Waals surface area (Å²) in [4.78, 5) is 16.4. The third kappa shape index (κ3) is 7.61. The number of aryl methyl sites for hydroxylation is 2. The summed E-state index contributed by atoms with van der Waals surface area (Å²) in [5, 5.41) is 14.0. The van der Waals surface area contributed by atoms with E-state index in [0.29, 0.717) is 24.6 Å². The van der Waals surface area contributed by atoms with Crippen LogP contribution in [0, 0.1) is 13.8 Å². The van der Waals surface area contributed by atoms with Crippen molar-refractivity contribution in [1.82, 2.24) is 25.7 Å². The van der Waals surface area contributed by atoms with Gasteiger partial charge in [0.25, 0.3) is 5.91 Å². The number of halogens is 2. The predicted molar refractivity (Wildman–Crippen MR) is 132 cm³/mol. The standard InChI is InChI=1S/C20H29BrN6O.HI/c1-13(11-18-14(2)26-27(5)15(18)3)25-20(22-4)24-10-9-23-19(28)16-7-6-8-17(21)12-16;/h6-8,12-13H,9-11H2,1-5H3,(H,23,28)(H2,22,24,25);1H. The molecule has 1 unspecified atom stereocenters. The van der Waals surface area contributed by atoms with Crippen molar-refractivity contribution in [2.75, 3.05) is 20.1 Å². The highest BCUT2D eigenvalue weighted by atomic mass is 127. The number of guanidine groups is 1. The van der Waals surface area contributed by atoms with Crippen molar-refractivity contribution in [1.29, 1.82) is 0 Å². The third-order valence-corrected chi connectivity index (χ3v) is 5.06. The van der Waals surface area contributed by atoms with Gasteiger partial charge in [-0.15, -0.1) is 24.0 Å². The Kier molecular flexibility index (Phi) is 10.7. The van der Waals surface area contributed by atoms with Crippen molar-refractivity contribution in [2.45, 2.75) is 33.2 Å². The van der Waals surface area contributed by atoms with Crippen LogP contribution in [0.15, 0.2) is 33.7 Å². The molecule has 160 valence electrons. The predicted octanol–water partition coefficient (Wildman–Crippen LogP) is 2.94. The fourth-order valence-electron chi connectivity index (χ4n) is 2.99. The topological polar surface area (TPSA) is 83.3 Å². The van der Waals surface area contributed by atoms with Crippen LogP contribution in [-0.2, 0) is 13.5 Å². The SMILES string of the molecule is CN=C(NCCNC(=O)c1cccc(Br)c1)NC(C)Cc1c(C)nn(C)c1C.I. The lowest BCUT2D eigenvalue weighted by Crippen LogP contribution is -2.45. The van der Waals surface area contributed by atoms with Gasteiger partial charge in [0, 0.05) is 49.0 Å². The van der Waals surface area contributed by atoms with E-state index in [-0.39, 0.29) is 35.9 Å². The van der Waals surface area contributed by atoms with Crippen LogP contribution >= 0.6 is 39.9 Å². The molecule has 9 heteroatoms. The smallest absolute Gasteiger partial charge is 0.251 e. The number of nitrogens with zero attached hydrogens (tertiary/aromatic N) is 3. The largest absolute Gasteiger partial charge is 0.355 e. The van der Waals surface area contributed by atoms with Crippen LogP contribution in [0.4, 0.5) is 0 Å². The Balaban J connectivity index is 0.00000420. The molecule has 0 spiro atoms. The van der Waals surface area contributed by atoms with Gasteiger partial charge >= 0.3 is 0 Å². The molecule has 2 rings (SSSR count). The first-order valence-corrected chi connectivity index (χ1v) is 10.1. The first-order chi connectivity index (χ1) is 13.3. The molecule has 0 fully saturated rings. The van der Waals surface area contributed by atoms with Gasteiger partial charge in [-0.25, -0.2) is 0 Å². The molecule has 1 atom stereocenters. The number of amides is 1. The van der Waals surface area contributed by atoms with Gasteiger partial charge in [0.1, 0.15) is 0 Å². The molecule has 3 N–H and O–H groups in total. The van der Waals surface area contributed by atoms with Crippen molar-refractivity contribution in [2.24, 2.45) is 12.0 Å². The second-order valence-corrected chi connectivity index (χ2v) is 7.70. The Morgan fingerprint density at radius 3 is 2.55 bits per heavy atom. The van der Waals surface area contributed by atoms with Crippen molar-refractivity contribution in [3.63, 3.8) is 0 Å². The molecule has 0 aliphatic heterocycles. The quantitative estimate of drug-likeness (QED) is 0.205. The minimum absolute atomic E-state index is 0. The molecule has 1 heterocycles. The lowest BCUT2D eigenvalue weighted by atomic mass is 10.1. The van der Waals surface area contributed by atoms with Gasteiger partial charge in [-0.05, 0) is 51.0 Å². The van der Waals surface area contributed by atoms with E-state index in [1.165, 1.54) is 11.3 Å². The van der Waals surface area contributed by atoms with Gasteiger partial charge in [-0.2, -0.15) is 5.10 Å². The molecule has 0 radical (unpaired) electrons. The molecule has 0 aliphatic rings. The number of benzene rings is 1. The first-order valence-electron chi connectivity index (χ1n) is 9.31. The van der Waals surface area contributed by atoms with Crippen LogP contribution < -0.4 is 16.0 Å². The van der Waals surface area contributed by atoms with Gasteiger partial charge in [-0.1, -0.05) is 22.0 Å². The van der Waals surface area contributed by atoms with E-state index in [9.17, 15) is 4.79 Å². The molecule has 0 saturated carbocycles. The van der Waals surface area contributed by atoms with Gasteiger partial charge in [0.15, 0.2) is 5.96 Å². The van der Waals surface area contributed by atoms with Gasteiger partial charge < -0.3 is 16.0 Å². The van der Waals surface area contributed by atoms with E-state index in [2.05, 4.69) is 55.8 Å². The number of hydrogen-bond acceptors (Lipinski definition) is 3. The number of hydrogen-bond donors (Lipinski definition) is 3. The van der Waals surface area contributed by atoms with Crippen LogP contribution in [0.25, 0.3) is 0 Å². The van der Waals surface area contributed by atoms with E-state index in [1.54, 1.807) is 19.2 Å². The summed E-state index contributed by atoms with van der Waals surface area (Å²) in [6.07, 6.45) is 0.867. The minimum atomic E-state index is -0.0954. The van der Waals surface area contributed by atoms with Crippen molar-refractivity contribution >= 4 is 51.8 Å². The molecular formula is C20H30BrIN6O. The Labute approximate surface area is 198 Å². The van der Waals surface area contributed by atoms with E-state index in [4.69, 9.17) is 0 Å². The zero-order valence-corrected chi connectivity index (χ0v) is 21.5. The summed E-state index contributed by atoms with van der Waals surface area (Å²) in [5.41, 5.74) is 4.14. The Bertz CT molecular complexity index is 851. The van der Waals surface area contributed by atoms with E-state index >= 15 is 0 Å². The molecule has 0 bridgehead atoms. The zero-order valence-electron chi connectivity index (χ0n) is 17.5. The zero-order chi connectivity index (χ0) is 20.7. The summed E-state index contributed by atoms with van der Waals surface area (Å²) in [6.45, 7) is 7.32. The first kappa shape index (κ1) is 25.4. The highest BCUT2D eigenvalue weighted by Gasteiger charge is 2.14. The van der Waals surface area contributed by atoms with E-state index in [1.807, 2.05) is 30.8 Å². The molecule has 0 saturated heterocycles. The maximum atomic E-state index is 12.1. The fraction of sp³-hybridized carbons (Fsp3) is 0.450. The van der Waals surface area contributed by atoms with Gasteiger partial charge in [-0.3, -0.25) is 14.5 Å². The molecular weight excluding hydrogens is 547 g/mol. The summed E-state index contributed by atoms with van der Waals surface area (Å²) in [5.74, 6) is 0.616. The van der Waals surface area contributed by atoms with Crippen molar-refractivity contribution < 1.29 is 4.79 Å². The second kappa shape index (κ2) is 12.2. The van der Waals surface area contributed by atoms with Crippen LogP contribution in [0.3, 0.4) is 0 Å². The van der Waals surface area contributed by atoms with E-state index < -0.39 is 0 Å². The maximum Gasteiger partial charge on any atom is 0.251 e. The molecule has 1 amide bonds. The number of nitrogens with one attached hydrogen (secondary N) is 3. The number of aromatic nitrogens is 2. The molecule has 0 aliphatic carbocycles. The normalized spacial score (nSPS) is 12.1. The highest BCUT2D eigenvalue weighted by molar-refractivity contribution is 14.0. The van der Waals surface area contributed by atoms with Gasteiger partial charge in [0.2, 0.25) is 0 Å². The molecule has 1 aromatic carbocycles. The molecule has 1 aromatic heterocycles. The van der Waals surface area contributed by atoms with Gasteiger partial charge in [0.05, 0.1) is 5.69 Å². The lowest BCUT2D eigenvalue weighted by Gasteiger charge is -2.18.